The highest BCUT2D eigenvalue weighted by Gasteiger charge is 2.29. The quantitative estimate of drug-likeness (QED) is 0.327. The summed E-state index contributed by atoms with van der Waals surface area (Å²) in [6.45, 7) is -0.620. The van der Waals surface area contributed by atoms with Crippen LogP contribution < -0.4 is 0 Å². The minimum Gasteiger partial charge on any atom is -0.394 e. The molecule has 0 bridgehead atoms. The lowest BCUT2D eigenvalue weighted by Crippen LogP contribution is -2.46. The predicted molar refractivity (Wildman–Crippen MR) is 69.5 cm³/mol. The first-order valence-corrected chi connectivity index (χ1v) is 5.91. The Labute approximate surface area is 116 Å². The molecular weight excluding hydrogens is 268 g/mol. The van der Waals surface area contributed by atoms with E-state index in [1.807, 2.05) is 30.3 Å². The smallest absolute Gasteiger partial charge is 0.151 e. The van der Waals surface area contributed by atoms with Crippen LogP contribution in [0, 0.1) is 0 Å². The number of aliphatic hydroxyl groups excluding tert-OH is 6. The van der Waals surface area contributed by atoms with Gasteiger partial charge in [-0.25, -0.2) is 0 Å². The molecule has 0 aliphatic rings. The van der Waals surface area contributed by atoms with Gasteiger partial charge in [-0.2, -0.15) is 0 Å². The molecule has 0 aliphatic carbocycles. The maximum absolute atomic E-state index is 9.90. The molecule has 0 saturated heterocycles. The van der Waals surface area contributed by atoms with Crippen LogP contribution in [0.1, 0.15) is 5.56 Å². The van der Waals surface area contributed by atoms with E-state index >= 15 is 0 Å². The summed E-state index contributed by atoms with van der Waals surface area (Å²) in [6, 6.07) is 9.52. The summed E-state index contributed by atoms with van der Waals surface area (Å²) in [7, 11) is 0. The van der Waals surface area contributed by atoms with Crippen LogP contribution in [0.3, 0.4) is 0 Å². The molecule has 6 N–H and O–H groups in total. The zero-order valence-electron chi connectivity index (χ0n) is 10.8. The third-order valence-electron chi connectivity index (χ3n) is 2.45. The Kier molecular flexibility index (Phi) is 9.73. The van der Waals surface area contributed by atoms with Gasteiger partial charge in [-0.15, -0.1) is 0 Å². The van der Waals surface area contributed by atoms with Crippen LogP contribution in [0.15, 0.2) is 30.3 Å². The number of hydrogen-bond acceptors (Lipinski definition) is 7. The number of carbonyl (C=O) groups is 1. The predicted octanol–water partition coefficient (Wildman–Crippen LogP) is -2.20. The second kappa shape index (κ2) is 10.4. The first-order chi connectivity index (χ1) is 9.47. The largest absolute Gasteiger partial charge is 0.394 e. The van der Waals surface area contributed by atoms with Gasteiger partial charge in [-0.1, -0.05) is 30.3 Å². The molecule has 0 radical (unpaired) electrons. The normalized spacial score (nSPS) is 16.3. The van der Waals surface area contributed by atoms with Gasteiger partial charge in [0, 0.05) is 0 Å². The molecule has 0 heterocycles. The minimum absolute atomic E-state index is 0.0258. The van der Waals surface area contributed by atoms with Crippen LogP contribution in [0.2, 0.25) is 0 Å². The van der Waals surface area contributed by atoms with Crippen molar-refractivity contribution in [3.63, 3.8) is 0 Å². The lowest BCUT2D eigenvalue weighted by molar-refractivity contribution is -0.136. The number of aldehydes is 1. The Balaban J connectivity index is 0.000000388. The van der Waals surface area contributed by atoms with Crippen LogP contribution in [0.4, 0.5) is 0 Å². The Morgan fingerprint density at radius 2 is 1.50 bits per heavy atom. The molecule has 0 aromatic heterocycles. The summed E-state index contributed by atoms with van der Waals surface area (Å²) in [5.41, 5.74) is 0.965. The van der Waals surface area contributed by atoms with Crippen molar-refractivity contribution in [1.82, 2.24) is 0 Å². The average molecular weight is 288 g/mol. The maximum atomic E-state index is 9.90. The maximum Gasteiger partial charge on any atom is 0.151 e. The molecule has 0 spiro atoms. The van der Waals surface area contributed by atoms with E-state index in [2.05, 4.69) is 0 Å². The van der Waals surface area contributed by atoms with Crippen molar-refractivity contribution in [1.29, 1.82) is 0 Å². The Morgan fingerprint density at radius 3 is 1.85 bits per heavy atom. The summed E-state index contributed by atoms with van der Waals surface area (Å²) < 4.78 is 0. The van der Waals surface area contributed by atoms with Gasteiger partial charge in [-0.3, -0.25) is 0 Å². The van der Waals surface area contributed by atoms with Crippen molar-refractivity contribution in [3.8, 4) is 0 Å². The van der Waals surface area contributed by atoms with Gasteiger partial charge in [0.05, 0.1) is 13.2 Å². The van der Waals surface area contributed by atoms with Gasteiger partial charge in [0.25, 0.3) is 0 Å². The van der Waals surface area contributed by atoms with E-state index in [0.29, 0.717) is 0 Å². The second-order valence-electron chi connectivity index (χ2n) is 4.00. The summed E-state index contributed by atoms with van der Waals surface area (Å²) in [5, 5.41) is 52.1. The molecule has 0 aliphatic heterocycles. The van der Waals surface area contributed by atoms with Crippen LogP contribution in [0.25, 0.3) is 0 Å². The standard InChI is InChI=1S/C7H8O.C6H12O6/c8-6-7-4-2-1-3-5-7;7-1-3(9)5(11)6(12)4(10)2-8/h1-5,8H,6H2;1,3-6,8-12H,2H2/t;3-,4+,5+,6+/m.0/s1. The summed E-state index contributed by atoms with van der Waals surface area (Å²) >= 11 is 0. The molecule has 1 aromatic carbocycles. The third kappa shape index (κ3) is 6.71. The molecule has 0 unspecified atom stereocenters. The molecule has 114 valence electrons. The van der Waals surface area contributed by atoms with Gasteiger partial charge < -0.3 is 35.4 Å². The number of carbonyl (C=O) groups excluding carboxylic acids is 1. The molecule has 0 amide bonds. The zero-order chi connectivity index (χ0) is 15.5. The van der Waals surface area contributed by atoms with Crippen molar-refractivity contribution in [2.24, 2.45) is 0 Å². The van der Waals surface area contributed by atoms with E-state index < -0.39 is 31.0 Å². The van der Waals surface area contributed by atoms with E-state index in [1.165, 1.54) is 0 Å². The molecular formula is C13H20O7. The van der Waals surface area contributed by atoms with E-state index in [1.54, 1.807) is 0 Å². The number of hydrogen-bond donors (Lipinski definition) is 6. The van der Waals surface area contributed by atoms with E-state index in [0.717, 1.165) is 5.56 Å². The first kappa shape index (κ1) is 18.7. The summed E-state index contributed by atoms with van der Waals surface area (Å²) in [5.74, 6) is 0. The van der Waals surface area contributed by atoms with Crippen molar-refractivity contribution in [2.75, 3.05) is 6.61 Å². The van der Waals surface area contributed by atoms with Crippen molar-refractivity contribution >= 4 is 6.29 Å². The van der Waals surface area contributed by atoms with Crippen molar-refractivity contribution in [2.45, 2.75) is 31.0 Å². The van der Waals surface area contributed by atoms with E-state index in [4.69, 9.17) is 30.6 Å². The minimum atomic E-state index is -1.79. The third-order valence-corrected chi connectivity index (χ3v) is 2.45. The number of rotatable bonds is 6. The molecule has 7 nitrogen and oxygen atoms in total. The lowest BCUT2D eigenvalue weighted by atomic mass is 10.0. The molecule has 20 heavy (non-hydrogen) atoms. The monoisotopic (exact) mass is 288 g/mol. The van der Waals surface area contributed by atoms with E-state index in [-0.39, 0.29) is 12.9 Å². The average Bonchev–Trinajstić information content (AvgIpc) is 2.53. The van der Waals surface area contributed by atoms with Crippen molar-refractivity contribution < 1.29 is 35.4 Å². The highest BCUT2D eigenvalue weighted by Crippen LogP contribution is 2.02. The molecule has 1 rings (SSSR count). The van der Waals surface area contributed by atoms with Crippen LogP contribution in [-0.2, 0) is 11.4 Å². The molecule has 0 saturated carbocycles. The van der Waals surface area contributed by atoms with Gasteiger partial charge in [0.1, 0.15) is 24.4 Å². The molecule has 0 fully saturated rings. The molecule has 4 atom stereocenters. The zero-order valence-corrected chi connectivity index (χ0v) is 10.8. The molecule has 7 heteroatoms. The van der Waals surface area contributed by atoms with Gasteiger partial charge >= 0.3 is 0 Å². The first-order valence-electron chi connectivity index (χ1n) is 5.91. The fraction of sp³-hybridized carbons (Fsp3) is 0.462. The fourth-order valence-electron chi connectivity index (χ4n) is 1.20. The van der Waals surface area contributed by atoms with Crippen LogP contribution >= 0.6 is 0 Å². The Bertz CT molecular complexity index is 357. The fourth-order valence-corrected chi connectivity index (χ4v) is 1.20. The number of aliphatic hydroxyl groups is 6. The number of benzene rings is 1. The van der Waals surface area contributed by atoms with Crippen LogP contribution in [-0.4, -0.2) is 67.9 Å². The highest BCUT2D eigenvalue weighted by molar-refractivity contribution is 5.56. The SMILES string of the molecule is O=C[C@H](O)[C@@H](O)[C@H](O)[C@H](O)CO.OCc1ccccc1. The van der Waals surface area contributed by atoms with Crippen LogP contribution in [0.5, 0.6) is 0 Å². The summed E-state index contributed by atoms with van der Waals surface area (Å²) in [4.78, 5) is 9.90. The topological polar surface area (TPSA) is 138 Å². The Hall–Kier alpha value is -1.35. The molecule has 1 aromatic rings. The van der Waals surface area contributed by atoms with Gasteiger partial charge in [0.2, 0.25) is 0 Å². The van der Waals surface area contributed by atoms with E-state index in [9.17, 15) is 4.79 Å². The van der Waals surface area contributed by atoms with Gasteiger partial charge in [0.15, 0.2) is 6.29 Å². The second-order valence-corrected chi connectivity index (χ2v) is 4.00. The summed E-state index contributed by atoms with van der Waals surface area (Å²) in [6.07, 6.45) is -6.84. The van der Waals surface area contributed by atoms with Gasteiger partial charge in [-0.05, 0) is 5.56 Å². The Morgan fingerprint density at radius 1 is 0.950 bits per heavy atom. The lowest BCUT2D eigenvalue weighted by Gasteiger charge is -2.22. The van der Waals surface area contributed by atoms with Crippen molar-refractivity contribution in [3.05, 3.63) is 35.9 Å². The highest BCUT2D eigenvalue weighted by atomic mass is 16.4.